The second kappa shape index (κ2) is 4.73. The van der Waals surface area contributed by atoms with Crippen molar-refractivity contribution in [2.45, 2.75) is 26.2 Å². The highest BCUT2D eigenvalue weighted by molar-refractivity contribution is 7.18. The van der Waals surface area contributed by atoms with E-state index in [-0.39, 0.29) is 22.4 Å². The summed E-state index contributed by atoms with van der Waals surface area (Å²) in [6, 6.07) is 3.36. The second-order valence-electron chi connectivity index (χ2n) is 5.85. The standard InChI is InChI=1S/C15H14FN3OS/c1-15(2,3)11-6-9-13(20)18-12(19-14(9)21-11)8-4-5-17-7-10(8)16/h4-7H,1-3H3,(H,18,19,20). The molecule has 0 saturated heterocycles. The van der Waals surface area contributed by atoms with Gasteiger partial charge in [0.1, 0.15) is 10.7 Å². The van der Waals surface area contributed by atoms with Crippen LogP contribution in [-0.4, -0.2) is 15.0 Å². The van der Waals surface area contributed by atoms with Crippen molar-refractivity contribution in [2.24, 2.45) is 0 Å². The third-order valence-corrected chi connectivity index (χ3v) is 4.62. The Balaban J connectivity index is 2.25. The normalized spacial score (nSPS) is 12.0. The van der Waals surface area contributed by atoms with Gasteiger partial charge >= 0.3 is 0 Å². The van der Waals surface area contributed by atoms with Gasteiger partial charge in [-0.3, -0.25) is 9.78 Å². The van der Waals surface area contributed by atoms with Gasteiger partial charge in [-0.25, -0.2) is 9.37 Å². The number of pyridine rings is 1. The van der Waals surface area contributed by atoms with Crippen LogP contribution in [-0.2, 0) is 5.41 Å². The van der Waals surface area contributed by atoms with Crippen LogP contribution in [0.25, 0.3) is 21.6 Å². The number of rotatable bonds is 1. The van der Waals surface area contributed by atoms with Gasteiger partial charge in [0.05, 0.1) is 17.1 Å². The molecule has 0 unspecified atom stereocenters. The highest BCUT2D eigenvalue weighted by Gasteiger charge is 2.19. The highest BCUT2D eigenvalue weighted by Crippen LogP contribution is 2.32. The maximum Gasteiger partial charge on any atom is 0.259 e. The predicted molar refractivity (Wildman–Crippen MR) is 82.1 cm³/mol. The summed E-state index contributed by atoms with van der Waals surface area (Å²) < 4.78 is 13.8. The molecule has 0 bridgehead atoms. The molecule has 3 heterocycles. The molecule has 0 radical (unpaired) electrons. The van der Waals surface area contributed by atoms with E-state index in [2.05, 4.69) is 35.7 Å². The Labute approximate surface area is 124 Å². The van der Waals surface area contributed by atoms with Crippen LogP contribution < -0.4 is 5.56 Å². The minimum Gasteiger partial charge on any atom is -0.306 e. The van der Waals surface area contributed by atoms with Crippen molar-refractivity contribution >= 4 is 21.6 Å². The summed E-state index contributed by atoms with van der Waals surface area (Å²) in [7, 11) is 0. The van der Waals surface area contributed by atoms with Crippen LogP contribution in [0.1, 0.15) is 25.6 Å². The van der Waals surface area contributed by atoms with Gasteiger partial charge in [-0.05, 0) is 17.5 Å². The van der Waals surface area contributed by atoms with E-state index in [1.54, 1.807) is 0 Å². The smallest absolute Gasteiger partial charge is 0.259 e. The first-order valence-corrected chi connectivity index (χ1v) is 7.32. The maximum atomic E-state index is 13.8. The first-order valence-electron chi connectivity index (χ1n) is 6.50. The summed E-state index contributed by atoms with van der Waals surface area (Å²) >= 11 is 1.46. The van der Waals surface area contributed by atoms with E-state index in [0.29, 0.717) is 10.2 Å². The first-order chi connectivity index (χ1) is 9.86. The Morgan fingerprint density at radius 1 is 1.33 bits per heavy atom. The molecule has 3 rings (SSSR count). The largest absolute Gasteiger partial charge is 0.306 e. The molecule has 108 valence electrons. The summed E-state index contributed by atoms with van der Waals surface area (Å²) in [5.41, 5.74) is -0.0625. The monoisotopic (exact) mass is 303 g/mol. The van der Waals surface area contributed by atoms with Crippen molar-refractivity contribution in [3.05, 3.63) is 45.6 Å². The van der Waals surface area contributed by atoms with Gasteiger partial charge < -0.3 is 4.98 Å². The summed E-state index contributed by atoms with van der Waals surface area (Å²) in [6.07, 6.45) is 2.58. The zero-order valence-electron chi connectivity index (χ0n) is 11.9. The fraction of sp³-hybridized carbons (Fsp3) is 0.267. The Bertz CT molecular complexity index is 876. The number of aromatic amines is 1. The highest BCUT2D eigenvalue weighted by atomic mass is 32.1. The number of fused-ring (bicyclic) bond motifs is 1. The van der Waals surface area contributed by atoms with Crippen molar-refractivity contribution in [3.63, 3.8) is 0 Å². The average molecular weight is 303 g/mol. The topological polar surface area (TPSA) is 58.6 Å². The Kier molecular flexibility index (Phi) is 3.13. The molecule has 6 heteroatoms. The molecule has 0 atom stereocenters. The fourth-order valence-electron chi connectivity index (χ4n) is 2.00. The summed E-state index contributed by atoms with van der Waals surface area (Å²) in [6.45, 7) is 6.24. The van der Waals surface area contributed by atoms with Crippen LogP contribution in [0.2, 0.25) is 0 Å². The molecule has 0 saturated carbocycles. The number of thiophene rings is 1. The van der Waals surface area contributed by atoms with E-state index >= 15 is 0 Å². The van der Waals surface area contributed by atoms with Gasteiger partial charge in [-0.2, -0.15) is 0 Å². The number of aromatic nitrogens is 3. The van der Waals surface area contributed by atoms with Gasteiger partial charge in [0.2, 0.25) is 0 Å². The molecule has 1 N–H and O–H groups in total. The van der Waals surface area contributed by atoms with Crippen molar-refractivity contribution in [1.82, 2.24) is 15.0 Å². The molecular weight excluding hydrogens is 289 g/mol. The molecular formula is C15H14FN3OS. The molecule has 0 spiro atoms. The van der Waals surface area contributed by atoms with Gasteiger partial charge in [-0.15, -0.1) is 11.3 Å². The van der Waals surface area contributed by atoms with Gasteiger partial charge in [0.25, 0.3) is 5.56 Å². The predicted octanol–water partition coefficient (Wildman–Crippen LogP) is 3.48. The van der Waals surface area contributed by atoms with Crippen LogP contribution in [0.5, 0.6) is 0 Å². The number of nitrogens with zero attached hydrogens (tertiary/aromatic N) is 2. The fourth-order valence-corrected chi connectivity index (χ4v) is 3.09. The minimum absolute atomic E-state index is 0.0557. The minimum atomic E-state index is -0.507. The van der Waals surface area contributed by atoms with E-state index in [1.807, 2.05) is 6.07 Å². The third kappa shape index (κ3) is 2.47. The van der Waals surface area contributed by atoms with Crippen molar-refractivity contribution in [3.8, 4) is 11.4 Å². The molecule has 0 aliphatic carbocycles. The quantitative estimate of drug-likeness (QED) is 0.748. The lowest BCUT2D eigenvalue weighted by atomic mass is 9.94. The number of halogens is 1. The molecule has 3 aromatic rings. The summed E-state index contributed by atoms with van der Waals surface area (Å²) in [4.78, 5) is 24.6. The molecule has 0 amide bonds. The van der Waals surface area contributed by atoms with E-state index in [4.69, 9.17) is 0 Å². The number of H-pyrrole nitrogens is 1. The number of nitrogens with one attached hydrogen (secondary N) is 1. The second-order valence-corrected chi connectivity index (χ2v) is 6.88. The van der Waals surface area contributed by atoms with Crippen molar-refractivity contribution < 1.29 is 4.39 Å². The number of hydrogen-bond donors (Lipinski definition) is 1. The van der Waals surface area contributed by atoms with Crippen LogP contribution in [0, 0.1) is 5.82 Å². The van der Waals surface area contributed by atoms with Crippen LogP contribution in [0.15, 0.2) is 29.3 Å². The summed E-state index contributed by atoms with van der Waals surface area (Å²) in [5, 5.41) is 0.545. The lowest BCUT2D eigenvalue weighted by Gasteiger charge is -2.14. The number of hydrogen-bond acceptors (Lipinski definition) is 4. The first kappa shape index (κ1) is 13.9. The molecule has 4 nitrogen and oxygen atoms in total. The van der Waals surface area contributed by atoms with E-state index in [1.165, 1.54) is 23.6 Å². The van der Waals surface area contributed by atoms with Crippen molar-refractivity contribution in [1.29, 1.82) is 0 Å². The SMILES string of the molecule is CC(C)(C)c1cc2c(=O)[nH]c(-c3ccncc3F)nc2s1. The molecule has 0 aliphatic rings. The van der Waals surface area contributed by atoms with E-state index in [0.717, 1.165) is 11.1 Å². The summed E-state index contributed by atoms with van der Waals surface area (Å²) in [5.74, 6) is -0.276. The van der Waals surface area contributed by atoms with Crippen molar-refractivity contribution in [2.75, 3.05) is 0 Å². The average Bonchev–Trinajstić information content (AvgIpc) is 2.83. The van der Waals surface area contributed by atoms with E-state index < -0.39 is 5.82 Å². The maximum absolute atomic E-state index is 13.8. The molecule has 3 aromatic heterocycles. The third-order valence-electron chi connectivity index (χ3n) is 3.17. The Morgan fingerprint density at radius 3 is 2.76 bits per heavy atom. The van der Waals surface area contributed by atoms with Gasteiger partial charge in [0.15, 0.2) is 5.82 Å². The molecule has 0 aliphatic heterocycles. The Morgan fingerprint density at radius 2 is 2.10 bits per heavy atom. The molecule has 0 fully saturated rings. The Hall–Kier alpha value is -2.08. The lowest BCUT2D eigenvalue weighted by molar-refractivity contribution is 0.604. The van der Waals surface area contributed by atoms with Crippen LogP contribution in [0.3, 0.4) is 0 Å². The molecule has 0 aromatic carbocycles. The van der Waals surface area contributed by atoms with Crippen LogP contribution in [0.4, 0.5) is 4.39 Å². The zero-order chi connectivity index (χ0) is 15.2. The zero-order valence-corrected chi connectivity index (χ0v) is 12.7. The van der Waals surface area contributed by atoms with Gasteiger partial charge in [0, 0.05) is 11.1 Å². The molecule has 21 heavy (non-hydrogen) atoms. The van der Waals surface area contributed by atoms with Crippen LogP contribution >= 0.6 is 11.3 Å². The van der Waals surface area contributed by atoms with E-state index in [9.17, 15) is 9.18 Å². The lowest BCUT2D eigenvalue weighted by Crippen LogP contribution is -2.09. The van der Waals surface area contributed by atoms with Gasteiger partial charge in [-0.1, -0.05) is 20.8 Å².